The molecular formula is C33H28BrF2N5O4. The molecule has 2 N–H and O–H groups in total. The predicted octanol–water partition coefficient (Wildman–Crippen LogP) is 7.25. The van der Waals surface area contributed by atoms with Gasteiger partial charge < -0.3 is 19.9 Å². The number of nitrogens with one attached hydrogen (secondary N) is 1. The minimum absolute atomic E-state index is 0.0108. The number of aliphatic hydroxyl groups is 1. The highest BCUT2D eigenvalue weighted by Crippen LogP contribution is 2.46. The fraction of sp³-hybridized carbons (Fsp3) is 0.212. The van der Waals surface area contributed by atoms with Gasteiger partial charge in [-0.2, -0.15) is 0 Å². The van der Waals surface area contributed by atoms with Crippen molar-refractivity contribution in [2.45, 2.75) is 31.0 Å². The van der Waals surface area contributed by atoms with Crippen LogP contribution in [0.15, 0.2) is 106 Å². The first-order valence-corrected chi connectivity index (χ1v) is 14.8. The van der Waals surface area contributed by atoms with E-state index in [9.17, 15) is 19.1 Å². The van der Waals surface area contributed by atoms with E-state index in [4.69, 9.17) is 19.6 Å². The lowest BCUT2D eigenvalue weighted by Gasteiger charge is -2.31. The maximum absolute atomic E-state index is 14.5. The van der Waals surface area contributed by atoms with Gasteiger partial charge in [-0.3, -0.25) is 4.79 Å². The van der Waals surface area contributed by atoms with Gasteiger partial charge in [0.1, 0.15) is 17.4 Å². The van der Waals surface area contributed by atoms with Gasteiger partial charge in [0.05, 0.1) is 6.61 Å². The van der Waals surface area contributed by atoms with Crippen molar-refractivity contribution in [2.75, 3.05) is 13.2 Å². The number of hydrogen-bond donors (Lipinski definition) is 2. The molecule has 0 saturated carbocycles. The second kappa shape index (κ2) is 14.3. The molecule has 1 aliphatic rings. The molecule has 0 fully saturated rings. The molecule has 1 aliphatic heterocycles. The second-order valence-corrected chi connectivity index (χ2v) is 11.1. The lowest BCUT2D eigenvalue weighted by Crippen LogP contribution is -2.49. The highest BCUT2D eigenvalue weighted by Gasteiger charge is 2.54. The quantitative estimate of drug-likeness (QED) is 0.0709. The summed E-state index contributed by atoms with van der Waals surface area (Å²) in [5.74, 6) is -1.37. The van der Waals surface area contributed by atoms with Crippen molar-refractivity contribution in [3.63, 3.8) is 0 Å². The van der Waals surface area contributed by atoms with Gasteiger partial charge >= 0.3 is 0 Å². The van der Waals surface area contributed by atoms with Crippen molar-refractivity contribution < 1.29 is 28.2 Å². The standard InChI is InChI=1S/C33H28BrF2N5O4/c34-27-8-3-1-6-22(27)19-33(32(43)38-20-23-10-13-24(35)18-28(23)36)30(26-7-2-4-9-29(26)40-41-37)45-31(39-33)21-11-14-25(15-12-21)44-17-5-16-42/h1-4,6-15,18,30,42H,5,16-17,19-20H2,(H,38,43)/t30-,33-/m1/s1. The number of ether oxygens (including phenoxy) is 2. The minimum atomic E-state index is -1.66. The number of hydrogen-bond acceptors (Lipinski definition) is 6. The molecular weight excluding hydrogens is 648 g/mol. The molecule has 2 atom stereocenters. The highest BCUT2D eigenvalue weighted by atomic mass is 79.9. The predicted molar refractivity (Wildman–Crippen MR) is 168 cm³/mol. The van der Waals surface area contributed by atoms with E-state index in [2.05, 4.69) is 31.3 Å². The van der Waals surface area contributed by atoms with E-state index in [-0.39, 0.29) is 36.7 Å². The Balaban J connectivity index is 1.61. The number of aliphatic imine (C=N–C) groups is 1. The molecule has 45 heavy (non-hydrogen) atoms. The molecule has 0 spiro atoms. The number of nitrogens with zero attached hydrogens (tertiary/aromatic N) is 4. The molecule has 1 heterocycles. The smallest absolute Gasteiger partial charge is 0.252 e. The van der Waals surface area contributed by atoms with Gasteiger partial charge in [0, 0.05) is 63.8 Å². The summed E-state index contributed by atoms with van der Waals surface area (Å²) in [4.78, 5) is 22.3. The van der Waals surface area contributed by atoms with Crippen molar-refractivity contribution in [2.24, 2.45) is 10.1 Å². The summed E-state index contributed by atoms with van der Waals surface area (Å²) in [5, 5.41) is 15.7. The molecule has 0 aromatic heterocycles. The van der Waals surface area contributed by atoms with E-state index in [1.165, 1.54) is 6.07 Å². The molecule has 0 bridgehead atoms. The fourth-order valence-electron chi connectivity index (χ4n) is 5.03. The molecule has 4 aromatic rings. The first-order chi connectivity index (χ1) is 21.8. The van der Waals surface area contributed by atoms with Gasteiger partial charge in [0.25, 0.3) is 5.91 Å². The molecule has 1 amide bonds. The van der Waals surface area contributed by atoms with Crippen LogP contribution in [0.5, 0.6) is 5.75 Å². The van der Waals surface area contributed by atoms with E-state index < -0.39 is 29.2 Å². The molecule has 0 aliphatic carbocycles. The van der Waals surface area contributed by atoms with Crippen LogP contribution >= 0.6 is 15.9 Å². The molecule has 0 radical (unpaired) electrons. The average Bonchev–Trinajstić information content (AvgIpc) is 3.43. The lowest BCUT2D eigenvalue weighted by molar-refractivity contribution is -0.129. The number of halogens is 3. The van der Waals surface area contributed by atoms with Crippen LogP contribution in [0.25, 0.3) is 10.4 Å². The van der Waals surface area contributed by atoms with Crippen molar-refractivity contribution in [3.8, 4) is 5.75 Å². The Morgan fingerprint density at radius 1 is 1.07 bits per heavy atom. The van der Waals surface area contributed by atoms with Gasteiger partial charge in [0.2, 0.25) is 5.90 Å². The Morgan fingerprint density at radius 2 is 1.82 bits per heavy atom. The maximum atomic E-state index is 14.5. The van der Waals surface area contributed by atoms with Gasteiger partial charge in [-0.05, 0) is 47.5 Å². The van der Waals surface area contributed by atoms with Gasteiger partial charge in [-0.25, -0.2) is 13.8 Å². The summed E-state index contributed by atoms with van der Waals surface area (Å²) in [5.41, 5.74) is 9.71. The number of benzene rings is 4. The summed E-state index contributed by atoms with van der Waals surface area (Å²) in [6.07, 6.45) is -0.536. The number of rotatable bonds is 12. The monoisotopic (exact) mass is 675 g/mol. The van der Waals surface area contributed by atoms with Crippen LogP contribution in [0, 0.1) is 11.6 Å². The Bertz CT molecular complexity index is 1760. The summed E-state index contributed by atoms with van der Waals surface area (Å²) in [6, 6.07) is 24.2. The van der Waals surface area contributed by atoms with Crippen molar-refractivity contribution in [1.29, 1.82) is 0 Å². The van der Waals surface area contributed by atoms with Crippen LogP contribution in [-0.4, -0.2) is 35.7 Å². The van der Waals surface area contributed by atoms with Crippen LogP contribution < -0.4 is 10.1 Å². The number of carbonyl (C=O) groups is 1. The third-order valence-electron chi connectivity index (χ3n) is 7.27. The SMILES string of the molecule is [N-]=[N+]=Nc1ccccc1[C@H]1OC(c2ccc(OCCCO)cc2)=N[C@@]1(Cc1ccccc1Br)C(=O)NCc1ccc(F)cc1F. The molecule has 0 saturated heterocycles. The van der Waals surface area contributed by atoms with Crippen LogP contribution in [0.3, 0.4) is 0 Å². The first kappa shape index (κ1) is 31.6. The summed E-state index contributed by atoms with van der Waals surface area (Å²) in [7, 11) is 0. The zero-order chi connectivity index (χ0) is 31.8. The Morgan fingerprint density at radius 3 is 2.56 bits per heavy atom. The van der Waals surface area contributed by atoms with Gasteiger partial charge in [-0.15, -0.1) is 0 Å². The Labute approximate surface area is 266 Å². The molecule has 4 aromatic carbocycles. The van der Waals surface area contributed by atoms with Crippen LogP contribution in [0.4, 0.5) is 14.5 Å². The first-order valence-electron chi connectivity index (χ1n) is 14.0. The average molecular weight is 677 g/mol. The third-order valence-corrected chi connectivity index (χ3v) is 8.05. The van der Waals surface area contributed by atoms with E-state index in [1.807, 2.05) is 24.3 Å². The van der Waals surface area contributed by atoms with E-state index >= 15 is 0 Å². The molecule has 12 heteroatoms. The number of carbonyl (C=O) groups excluding carboxylic acids is 1. The van der Waals surface area contributed by atoms with E-state index in [0.717, 1.165) is 22.2 Å². The molecule has 0 unspecified atom stereocenters. The second-order valence-electron chi connectivity index (χ2n) is 10.2. The van der Waals surface area contributed by atoms with Gasteiger partial charge in [0.15, 0.2) is 11.6 Å². The maximum Gasteiger partial charge on any atom is 0.252 e. The molecule has 9 nitrogen and oxygen atoms in total. The summed E-state index contributed by atoms with van der Waals surface area (Å²) >= 11 is 3.58. The van der Waals surface area contributed by atoms with Crippen LogP contribution in [0.1, 0.15) is 34.8 Å². The van der Waals surface area contributed by atoms with E-state index in [0.29, 0.717) is 29.9 Å². The van der Waals surface area contributed by atoms with Crippen LogP contribution in [0.2, 0.25) is 0 Å². The summed E-state index contributed by atoms with van der Waals surface area (Å²) in [6.45, 7) is 0.116. The van der Waals surface area contributed by atoms with E-state index in [1.54, 1.807) is 48.5 Å². The van der Waals surface area contributed by atoms with Crippen molar-refractivity contribution >= 4 is 33.4 Å². The Kier molecular flexibility index (Phi) is 10.1. The minimum Gasteiger partial charge on any atom is -0.494 e. The zero-order valence-corrected chi connectivity index (χ0v) is 25.5. The highest BCUT2D eigenvalue weighted by molar-refractivity contribution is 9.10. The molecule has 5 rings (SSSR count). The molecule has 230 valence electrons. The van der Waals surface area contributed by atoms with Crippen LogP contribution in [-0.2, 0) is 22.5 Å². The number of azide groups is 1. The third kappa shape index (κ3) is 7.15. The summed E-state index contributed by atoms with van der Waals surface area (Å²) < 4.78 is 41.0. The van der Waals surface area contributed by atoms with Crippen molar-refractivity contribution in [1.82, 2.24) is 5.32 Å². The lowest BCUT2D eigenvalue weighted by atomic mass is 9.81. The van der Waals surface area contributed by atoms with Crippen molar-refractivity contribution in [3.05, 3.63) is 140 Å². The number of amides is 1. The number of aliphatic hydroxyl groups excluding tert-OH is 1. The zero-order valence-electron chi connectivity index (χ0n) is 23.9. The Hall–Kier alpha value is -4.77. The fourth-order valence-corrected chi connectivity index (χ4v) is 5.46. The topological polar surface area (TPSA) is 129 Å². The normalized spacial score (nSPS) is 17.2. The largest absolute Gasteiger partial charge is 0.494 e. The van der Waals surface area contributed by atoms with Gasteiger partial charge in [-0.1, -0.05) is 69.6 Å².